The summed E-state index contributed by atoms with van der Waals surface area (Å²) in [4.78, 5) is 39.4. The van der Waals surface area contributed by atoms with Crippen molar-refractivity contribution < 1.29 is 14.4 Å². The number of hydrogen-bond acceptors (Lipinski definition) is 3. The van der Waals surface area contributed by atoms with Gasteiger partial charge in [-0.05, 0) is 37.0 Å². The lowest BCUT2D eigenvalue weighted by atomic mass is 10.0. The first-order chi connectivity index (χ1) is 12.8. The van der Waals surface area contributed by atoms with Crippen LogP contribution in [0.5, 0.6) is 0 Å². The van der Waals surface area contributed by atoms with Crippen LogP contribution in [-0.4, -0.2) is 59.7 Å². The van der Waals surface area contributed by atoms with Crippen molar-refractivity contribution in [3.05, 3.63) is 41.5 Å². The van der Waals surface area contributed by atoms with Crippen LogP contribution in [0.25, 0.3) is 6.08 Å². The van der Waals surface area contributed by atoms with Crippen LogP contribution in [0.3, 0.4) is 0 Å². The van der Waals surface area contributed by atoms with E-state index in [2.05, 4.69) is 31.3 Å². The van der Waals surface area contributed by atoms with Crippen LogP contribution < -0.4 is 5.32 Å². The fourth-order valence-corrected chi connectivity index (χ4v) is 2.86. The number of benzene rings is 1. The Morgan fingerprint density at radius 1 is 0.926 bits per heavy atom. The van der Waals surface area contributed by atoms with Gasteiger partial charge in [-0.1, -0.05) is 38.1 Å². The molecule has 0 bridgehead atoms. The molecular formula is C21H29N3O3. The van der Waals surface area contributed by atoms with Crippen molar-refractivity contribution in [3.63, 3.8) is 0 Å². The number of piperazine rings is 1. The Hall–Kier alpha value is -2.63. The maximum Gasteiger partial charge on any atom is 0.312 e. The van der Waals surface area contributed by atoms with Gasteiger partial charge in [-0.3, -0.25) is 14.4 Å². The molecule has 0 unspecified atom stereocenters. The van der Waals surface area contributed by atoms with E-state index in [0.29, 0.717) is 32.1 Å². The van der Waals surface area contributed by atoms with Gasteiger partial charge in [0.2, 0.25) is 5.91 Å². The van der Waals surface area contributed by atoms with E-state index in [1.807, 2.05) is 26.0 Å². The highest BCUT2D eigenvalue weighted by Crippen LogP contribution is 2.15. The number of hydrogen-bond donors (Lipinski definition) is 1. The molecule has 1 aliphatic rings. The zero-order valence-corrected chi connectivity index (χ0v) is 16.6. The molecular weight excluding hydrogens is 342 g/mol. The highest BCUT2D eigenvalue weighted by molar-refractivity contribution is 6.35. The Morgan fingerprint density at radius 2 is 1.48 bits per heavy atom. The number of rotatable bonds is 4. The topological polar surface area (TPSA) is 69.7 Å². The van der Waals surface area contributed by atoms with Crippen molar-refractivity contribution in [3.8, 4) is 0 Å². The van der Waals surface area contributed by atoms with Crippen LogP contribution in [0.1, 0.15) is 44.7 Å². The van der Waals surface area contributed by atoms with E-state index in [4.69, 9.17) is 0 Å². The monoisotopic (exact) mass is 371 g/mol. The summed E-state index contributed by atoms with van der Waals surface area (Å²) in [6.07, 6.45) is 3.37. The summed E-state index contributed by atoms with van der Waals surface area (Å²) in [7, 11) is 0. The number of amides is 3. The van der Waals surface area contributed by atoms with E-state index in [-0.39, 0.29) is 11.9 Å². The highest BCUT2D eigenvalue weighted by Gasteiger charge is 2.27. The molecule has 1 heterocycles. The van der Waals surface area contributed by atoms with E-state index in [1.165, 1.54) is 10.5 Å². The van der Waals surface area contributed by atoms with Gasteiger partial charge in [0, 0.05) is 38.3 Å². The standard InChI is InChI=1S/C21H29N3O3/c1-15(2)18-8-5-17(6-9-18)7-10-19(25)23-11-13-24(14-12-23)21(27)20(26)22-16(3)4/h5-10,15-16H,11-14H2,1-4H3,(H,22,26)/b10-7+. The molecule has 1 aromatic carbocycles. The van der Waals surface area contributed by atoms with Gasteiger partial charge in [-0.15, -0.1) is 0 Å². The zero-order chi connectivity index (χ0) is 20.0. The molecule has 1 aliphatic heterocycles. The van der Waals surface area contributed by atoms with Crippen molar-refractivity contribution in [1.29, 1.82) is 0 Å². The van der Waals surface area contributed by atoms with Crippen molar-refractivity contribution >= 4 is 23.8 Å². The van der Waals surface area contributed by atoms with Gasteiger partial charge in [0.1, 0.15) is 0 Å². The molecule has 0 radical (unpaired) electrons. The average molecular weight is 371 g/mol. The first kappa shape index (κ1) is 20.7. The van der Waals surface area contributed by atoms with Gasteiger partial charge < -0.3 is 15.1 Å². The Kier molecular flexibility index (Phi) is 7.16. The first-order valence-electron chi connectivity index (χ1n) is 9.44. The molecule has 0 aliphatic carbocycles. The summed E-state index contributed by atoms with van der Waals surface area (Å²) in [5.74, 6) is -0.723. The summed E-state index contributed by atoms with van der Waals surface area (Å²) >= 11 is 0. The summed E-state index contributed by atoms with van der Waals surface area (Å²) in [5, 5.41) is 2.60. The number of nitrogens with zero attached hydrogens (tertiary/aromatic N) is 2. The average Bonchev–Trinajstić information content (AvgIpc) is 2.65. The van der Waals surface area contributed by atoms with Crippen molar-refractivity contribution in [2.45, 2.75) is 39.7 Å². The lowest BCUT2D eigenvalue weighted by Gasteiger charge is -2.33. The molecule has 0 saturated carbocycles. The lowest BCUT2D eigenvalue weighted by molar-refractivity contribution is -0.148. The Balaban J connectivity index is 1.85. The Bertz CT molecular complexity index is 700. The minimum Gasteiger partial charge on any atom is -0.346 e. The molecule has 146 valence electrons. The summed E-state index contributed by atoms with van der Waals surface area (Å²) < 4.78 is 0. The van der Waals surface area contributed by atoms with E-state index in [9.17, 15) is 14.4 Å². The second kappa shape index (κ2) is 9.35. The molecule has 2 rings (SSSR count). The fraction of sp³-hybridized carbons (Fsp3) is 0.476. The molecule has 6 nitrogen and oxygen atoms in total. The van der Waals surface area contributed by atoms with Gasteiger partial charge in [-0.25, -0.2) is 0 Å². The third-order valence-electron chi connectivity index (χ3n) is 4.51. The van der Waals surface area contributed by atoms with Crippen LogP contribution >= 0.6 is 0 Å². The first-order valence-corrected chi connectivity index (χ1v) is 9.44. The third kappa shape index (κ3) is 5.94. The van der Waals surface area contributed by atoms with E-state index >= 15 is 0 Å². The number of carbonyl (C=O) groups excluding carboxylic acids is 3. The van der Waals surface area contributed by atoms with Crippen molar-refractivity contribution in [1.82, 2.24) is 15.1 Å². The van der Waals surface area contributed by atoms with Gasteiger partial charge in [0.15, 0.2) is 0 Å². The van der Waals surface area contributed by atoms with E-state index in [0.717, 1.165) is 5.56 Å². The predicted octanol–water partition coefficient (Wildman–Crippen LogP) is 2.02. The molecule has 0 atom stereocenters. The summed E-state index contributed by atoms with van der Waals surface area (Å²) in [6.45, 7) is 9.50. The van der Waals surface area contributed by atoms with Crippen LogP contribution in [0, 0.1) is 0 Å². The van der Waals surface area contributed by atoms with E-state index in [1.54, 1.807) is 17.1 Å². The predicted molar refractivity (Wildman–Crippen MR) is 106 cm³/mol. The van der Waals surface area contributed by atoms with Crippen molar-refractivity contribution in [2.24, 2.45) is 0 Å². The smallest absolute Gasteiger partial charge is 0.312 e. The van der Waals surface area contributed by atoms with Gasteiger partial charge in [0.05, 0.1) is 0 Å². The molecule has 0 spiro atoms. The molecule has 27 heavy (non-hydrogen) atoms. The lowest BCUT2D eigenvalue weighted by Crippen LogP contribution is -2.54. The molecule has 1 N–H and O–H groups in total. The van der Waals surface area contributed by atoms with Crippen LogP contribution in [0.2, 0.25) is 0 Å². The minimum atomic E-state index is -0.588. The molecule has 1 aromatic rings. The van der Waals surface area contributed by atoms with Crippen molar-refractivity contribution in [2.75, 3.05) is 26.2 Å². The minimum absolute atomic E-state index is 0.0796. The maximum absolute atomic E-state index is 12.4. The largest absolute Gasteiger partial charge is 0.346 e. The number of nitrogens with one attached hydrogen (secondary N) is 1. The van der Waals surface area contributed by atoms with Crippen LogP contribution in [-0.2, 0) is 14.4 Å². The van der Waals surface area contributed by atoms with Gasteiger partial charge >= 0.3 is 11.8 Å². The van der Waals surface area contributed by atoms with E-state index < -0.39 is 11.8 Å². The number of carbonyl (C=O) groups is 3. The zero-order valence-electron chi connectivity index (χ0n) is 16.6. The molecule has 0 aromatic heterocycles. The van der Waals surface area contributed by atoms with Gasteiger partial charge in [0.25, 0.3) is 0 Å². The van der Waals surface area contributed by atoms with Crippen LogP contribution in [0.15, 0.2) is 30.3 Å². The maximum atomic E-state index is 12.4. The Morgan fingerprint density at radius 3 is 2.00 bits per heavy atom. The quantitative estimate of drug-likeness (QED) is 0.650. The molecule has 3 amide bonds. The molecule has 1 saturated heterocycles. The van der Waals surface area contributed by atoms with Gasteiger partial charge in [-0.2, -0.15) is 0 Å². The SMILES string of the molecule is CC(C)NC(=O)C(=O)N1CCN(C(=O)/C=C/c2ccc(C(C)C)cc2)CC1. The van der Waals surface area contributed by atoms with Crippen LogP contribution in [0.4, 0.5) is 0 Å². The third-order valence-corrected chi connectivity index (χ3v) is 4.51. The fourth-order valence-electron chi connectivity index (χ4n) is 2.86. The Labute approximate surface area is 161 Å². The molecule has 1 fully saturated rings. The second-order valence-corrected chi connectivity index (χ2v) is 7.40. The second-order valence-electron chi connectivity index (χ2n) is 7.40. The summed E-state index contributed by atoms with van der Waals surface area (Å²) in [5.41, 5.74) is 2.24. The highest BCUT2D eigenvalue weighted by atomic mass is 16.2. The molecule has 6 heteroatoms. The normalized spacial score (nSPS) is 14.9. The summed E-state index contributed by atoms with van der Waals surface area (Å²) in [6, 6.07) is 8.07.